The number of nitrogens with one attached hydrogen (secondary N) is 2. The molecular formula is C17H17ClN2O3S2. The van der Waals surface area contributed by atoms with Crippen LogP contribution in [0.4, 0.5) is 11.4 Å². The molecule has 0 radical (unpaired) electrons. The predicted molar refractivity (Wildman–Crippen MR) is 102 cm³/mol. The molecule has 0 aromatic heterocycles. The lowest BCUT2D eigenvalue weighted by molar-refractivity contribution is -0.116. The monoisotopic (exact) mass is 396 g/mol. The van der Waals surface area contributed by atoms with Gasteiger partial charge in [-0.25, -0.2) is 8.42 Å². The molecule has 132 valence electrons. The van der Waals surface area contributed by atoms with Crippen LogP contribution in [0.1, 0.15) is 18.9 Å². The molecule has 1 aliphatic heterocycles. The van der Waals surface area contributed by atoms with Gasteiger partial charge in [0.2, 0.25) is 5.91 Å². The number of rotatable bonds is 3. The first-order valence-electron chi connectivity index (χ1n) is 7.65. The number of halogens is 1. The van der Waals surface area contributed by atoms with Crippen LogP contribution in [0, 0.1) is 6.92 Å². The number of carbonyl (C=O) groups is 1. The summed E-state index contributed by atoms with van der Waals surface area (Å²) in [7, 11) is -3.80. The van der Waals surface area contributed by atoms with Crippen molar-refractivity contribution in [3.63, 3.8) is 0 Å². The van der Waals surface area contributed by atoms with Gasteiger partial charge in [0.15, 0.2) is 0 Å². The molecule has 0 spiro atoms. The molecular weight excluding hydrogens is 380 g/mol. The number of carbonyl (C=O) groups excluding carboxylic acids is 1. The number of amides is 1. The number of hydrogen-bond donors (Lipinski definition) is 2. The van der Waals surface area contributed by atoms with Gasteiger partial charge in [0.1, 0.15) is 0 Å². The van der Waals surface area contributed by atoms with Crippen molar-refractivity contribution in [2.45, 2.75) is 35.3 Å². The van der Waals surface area contributed by atoms with E-state index >= 15 is 0 Å². The third kappa shape index (κ3) is 3.94. The van der Waals surface area contributed by atoms with Crippen LogP contribution in [0.5, 0.6) is 0 Å². The molecule has 3 rings (SSSR count). The lowest BCUT2D eigenvalue weighted by atomic mass is 10.2. The van der Waals surface area contributed by atoms with Crippen LogP contribution in [0.3, 0.4) is 0 Å². The number of hydrogen-bond acceptors (Lipinski definition) is 4. The second kappa shape index (κ2) is 6.90. The Labute approximate surface area is 156 Å². The molecule has 1 amide bonds. The van der Waals surface area contributed by atoms with Gasteiger partial charge < -0.3 is 5.32 Å². The summed E-state index contributed by atoms with van der Waals surface area (Å²) in [6, 6.07) is 9.79. The van der Waals surface area contributed by atoms with Gasteiger partial charge in [-0.3, -0.25) is 9.52 Å². The number of anilines is 2. The van der Waals surface area contributed by atoms with Crippen LogP contribution in [0.2, 0.25) is 5.02 Å². The van der Waals surface area contributed by atoms with Gasteiger partial charge >= 0.3 is 0 Å². The lowest BCUT2D eigenvalue weighted by Crippen LogP contribution is -2.15. The summed E-state index contributed by atoms with van der Waals surface area (Å²) in [6.45, 7) is 3.71. The standard InChI is InChI=1S/C17H17ClN2O3S2/c1-10-8-17(21)19-15-9-12(6-7-16(15)24-10)25(22,23)20-14-5-3-4-13(18)11(14)2/h3-7,9-10,20H,8H2,1-2H3,(H,19,21)/t10-/m0/s1. The van der Waals surface area contributed by atoms with Crippen LogP contribution >= 0.6 is 23.4 Å². The smallest absolute Gasteiger partial charge is 0.261 e. The van der Waals surface area contributed by atoms with Crippen LogP contribution in [-0.2, 0) is 14.8 Å². The zero-order chi connectivity index (χ0) is 18.2. The Morgan fingerprint density at radius 1 is 1.28 bits per heavy atom. The van der Waals surface area contributed by atoms with Crippen LogP contribution in [-0.4, -0.2) is 19.6 Å². The maximum Gasteiger partial charge on any atom is 0.261 e. The van der Waals surface area contributed by atoms with Gasteiger partial charge in [-0.2, -0.15) is 0 Å². The molecule has 0 unspecified atom stereocenters. The van der Waals surface area contributed by atoms with Gasteiger partial charge in [-0.15, -0.1) is 11.8 Å². The molecule has 0 aliphatic carbocycles. The van der Waals surface area contributed by atoms with Crippen LogP contribution in [0.15, 0.2) is 46.2 Å². The molecule has 0 fully saturated rings. The van der Waals surface area contributed by atoms with E-state index in [2.05, 4.69) is 10.0 Å². The van der Waals surface area contributed by atoms with Gasteiger partial charge in [0.25, 0.3) is 10.0 Å². The van der Waals surface area contributed by atoms with E-state index in [1.54, 1.807) is 43.0 Å². The van der Waals surface area contributed by atoms with Crippen molar-refractivity contribution in [3.05, 3.63) is 47.0 Å². The molecule has 0 saturated heterocycles. The maximum absolute atomic E-state index is 12.7. The first-order valence-corrected chi connectivity index (χ1v) is 10.4. The Hall–Kier alpha value is -1.70. The minimum absolute atomic E-state index is 0.0843. The zero-order valence-corrected chi connectivity index (χ0v) is 16.1. The third-order valence-electron chi connectivity index (χ3n) is 3.85. The quantitative estimate of drug-likeness (QED) is 0.812. The summed E-state index contributed by atoms with van der Waals surface area (Å²) >= 11 is 7.59. The fourth-order valence-corrected chi connectivity index (χ4v) is 4.89. The highest BCUT2D eigenvalue weighted by atomic mass is 35.5. The first kappa shape index (κ1) is 18.1. The maximum atomic E-state index is 12.7. The fourth-order valence-electron chi connectivity index (χ4n) is 2.52. The molecule has 1 aliphatic rings. The Balaban J connectivity index is 1.96. The van der Waals surface area contributed by atoms with E-state index in [1.807, 2.05) is 6.92 Å². The summed E-state index contributed by atoms with van der Waals surface area (Å²) < 4.78 is 28.0. The van der Waals surface area contributed by atoms with Gasteiger partial charge in [-0.05, 0) is 42.8 Å². The Bertz CT molecular complexity index is 945. The topological polar surface area (TPSA) is 75.3 Å². The lowest BCUT2D eigenvalue weighted by Gasteiger charge is -2.13. The average molecular weight is 397 g/mol. The van der Waals surface area contributed by atoms with Gasteiger partial charge in [0, 0.05) is 21.6 Å². The first-order chi connectivity index (χ1) is 11.8. The van der Waals surface area contributed by atoms with Crippen molar-refractivity contribution in [2.24, 2.45) is 0 Å². The van der Waals surface area contributed by atoms with E-state index in [0.717, 1.165) is 4.90 Å². The molecule has 8 heteroatoms. The minimum atomic E-state index is -3.80. The highest BCUT2D eigenvalue weighted by Gasteiger charge is 2.22. The van der Waals surface area contributed by atoms with Gasteiger partial charge in [0.05, 0.1) is 16.3 Å². The van der Waals surface area contributed by atoms with E-state index < -0.39 is 10.0 Å². The minimum Gasteiger partial charge on any atom is -0.325 e. The molecule has 0 saturated carbocycles. The normalized spacial score (nSPS) is 17.4. The summed E-state index contributed by atoms with van der Waals surface area (Å²) in [5.74, 6) is -0.119. The number of sulfonamides is 1. The average Bonchev–Trinajstić information content (AvgIpc) is 2.67. The molecule has 2 aromatic carbocycles. The van der Waals surface area contributed by atoms with Crippen molar-refractivity contribution in [1.29, 1.82) is 0 Å². The second-order valence-corrected chi connectivity index (χ2v) is 9.43. The van der Waals surface area contributed by atoms with E-state index in [0.29, 0.717) is 28.4 Å². The third-order valence-corrected chi connectivity index (χ3v) is 6.80. The van der Waals surface area contributed by atoms with Crippen molar-refractivity contribution in [1.82, 2.24) is 0 Å². The van der Waals surface area contributed by atoms with E-state index in [4.69, 9.17) is 11.6 Å². The van der Waals surface area contributed by atoms with Crippen molar-refractivity contribution in [2.75, 3.05) is 10.0 Å². The van der Waals surface area contributed by atoms with E-state index in [-0.39, 0.29) is 16.1 Å². The largest absolute Gasteiger partial charge is 0.325 e. The zero-order valence-electron chi connectivity index (χ0n) is 13.7. The number of thioether (sulfide) groups is 1. The predicted octanol–water partition coefficient (Wildman–Crippen LogP) is 4.27. The van der Waals surface area contributed by atoms with Crippen molar-refractivity contribution >= 4 is 50.7 Å². The van der Waals surface area contributed by atoms with Crippen molar-refractivity contribution in [3.8, 4) is 0 Å². The summed E-state index contributed by atoms with van der Waals surface area (Å²) in [5.41, 5.74) is 1.60. The van der Waals surface area contributed by atoms with Crippen LogP contribution in [0.25, 0.3) is 0 Å². The Morgan fingerprint density at radius 2 is 2.04 bits per heavy atom. The summed E-state index contributed by atoms with van der Waals surface area (Å²) in [4.78, 5) is 12.8. The SMILES string of the molecule is Cc1c(Cl)cccc1NS(=O)(=O)c1ccc2c(c1)NC(=O)C[C@H](C)S2. The molecule has 2 N–H and O–H groups in total. The van der Waals surface area contributed by atoms with E-state index in [9.17, 15) is 13.2 Å². The number of fused-ring (bicyclic) bond motifs is 1. The highest BCUT2D eigenvalue weighted by molar-refractivity contribution is 8.00. The molecule has 0 bridgehead atoms. The Morgan fingerprint density at radius 3 is 2.80 bits per heavy atom. The molecule has 25 heavy (non-hydrogen) atoms. The molecule has 1 atom stereocenters. The van der Waals surface area contributed by atoms with Crippen LogP contribution < -0.4 is 10.0 Å². The fraction of sp³-hybridized carbons (Fsp3) is 0.235. The number of benzene rings is 2. The molecule has 2 aromatic rings. The highest BCUT2D eigenvalue weighted by Crippen LogP contribution is 2.36. The Kier molecular flexibility index (Phi) is 4.99. The summed E-state index contributed by atoms with van der Waals surface area (Å²) in [6.07, 6.45) is 0.390. The van der Waals surface area contributed by atoms with Crippen molar-refractivity contribution < 1.29 is 13.2 Å². The van der Waals surface area contributed by atoms with Gasteiger partial charge in [-0.1, -0.05) is 24.6 Å². The van der Waals surface area contributed by atoms with E-state index in [1.165, 1.54) is 12.1 Å². The summed E-state index contributed by atoms with van der Waals surface area (Å²) in [5, 5.41) is 3.40. The molecule has 5 nitrogen and oxygen atoms in total. The molecule has 1 heterocycles. The second-order valence-electron chi connectivity index (χ2n) is 5.86.